The summed E-state index contributed by atoms with van der Waals surface area (Å²) in [6.07, 6.45) is 2.62. The summed E-state index contributed by atoms with van der Waals surface area (Å²) in [5.41, 5.74) is 9.42. The third kappa shape index (κ3) is 4.40. The van der Waals surface area contributed by atoms with E-state index in [0.717, 1.165) is 49.4 Å². The number of anilines is 3. The third-order valence-electron chi connectivity index (χ3n) is 6.22. The van der Waals surface area contributed by atoms with Crippen molar-refractivity contribution in [2.45, 2.75) is 6.92 Å². The number of benzene rings is 2. The molecular weight excluding hydrogens is 445 g/mol. The molecule has 4 aromatic rings. The quantitative estimate of drug-likeness (QED) is 0.441. The summed E-state index contributed by atoms with van der Waals surface area (Å²) in [6, 6.07) is 15.1. The number of aromatic nitrogens is 3. The normalized spacial score (nSPS) is 13.8. The maximum Gasteiger partial charge on any atom is 0.250 e. The Morgan fingerprint density at radius 2 is 1.89 bits per heavy atom. The average molecular weight is 472 g/mol. The first kappa shape index (κ1) is 22.4. The second kappa shape index (κ2) is 9.09. The number of primary amides is 1. The van der Waals surface area contributed by atoms with Gasteiger partial charge in [0, 0.05) is 54.8 Å². The average Bonchev–Trinajstić information content (AvgIpc) is 3.25. The monoisotopic (exact) mass is 471 g/mol. The number of allylic oxidation sites excluding steroid dienone is 1. The summed E-state index contributed by atoms with van der Waals surface area (Å²) in [5.74, 6) is -0.938. The van der Waals surface area contributed by atoms with Crippen molar-refractivity contribution in [3.8, 4) is 5.82 Å². The lowest BCUT2D eigenvalue weighted by Crippen LogP contribution is -2.45. The van der Waals surface area contributed by atoms with Gasteiger partial charge < -0.3 is 20.9 Å². The van der Waals surface area contributed by atoms with Crippen molar-refractivity contribution in [2.24, 2.45) is 5.73 Å². The Kier molecular flexibility index (Phi) is 5.82. The highest BCUT2D eigenvalue weighted by molar-refractivity contribution is 6.06. The molecular formula is C26H26FN7O. The molecule has 0 bridgehead atoms. The molecule has 2 aromatic heterocycles. The van der Waals surface area contributed by atoms with Crippen LogP contribution in [-0.2, 0) is 0 Å². The molecule has 0 atom stereocenters. The highest BCUT2D eigenvalue weighted by atomic mass is 19.1. The summed E-state index contributed by atoms with van der Waals surface area (Å²) < 4.78 is 16.3. The van der Waals surface area contributed by atoms with Gasteiger partial charge in [-0.05, 0) is 31.2 Å². The smallest absolute Gasteiger partial charge is 0.250 e. The molecule has 0 radical (unpaired) electrons. The first-order valence-electron chi connectivity index (χ1n) is 11.4. The van der Waals surface area contributed by atoms with Gasteiger partial charge in [-0.25, -0.2) is 9.37 Å². The Balaban J connectivity index is 1.42. The van der Waals surface area contributed by atoms with Gasteiger partial charge in [0.15, 0.2) is 11.6 Å². The van der Waals surface area contributed by atoms with E-state index in [1.165, 1.54) is 10.8 Å². The second-order valence-corrected chi connectivity index (χ2v) is 8.54. The van der Waals surface area contributed by atoms with E-state index in [1.807, 2.05) is 31.2 Å². The number of nitrogens with zero attached hydrogens (tertiary/aromatic N) is 5. The van der Waals surface area contributed by atoms with E-state index in [0.29, 0.717) is 16.5 Å². The number of piperazine rings is 1. The minimum Gasteiger partial charge on any atom is -0.372 e. The molecule has 178 valence electrons. The van der Waals surface area contributed by atoms with Gasteiger partial charge in [0.1, 0.15) is 0 Å². The zero-order valence-electron chi connectivity index (χ0n) is 19.4. The van der Waals surface area contributed by atoms with Crippen molar-refractivity contribution in [3.05, 3.63) is 84.6 Å². The van der Waals surface area contributed by atoms with E-state index in [1.54, 1.807) is 18.2 Å². The molecule has 0 unspecified atom stereocenters. The SMILES string of the molecule is C=C(C)N1CCN(c2cccc(Nc3ncc(F)c(-n4cc(C(N)=O)c5ccccc54)n3)c2)CC1. The Bertz CT molecular complexity index is 1420. The molecule has 0 aliphatic carbocycles. The molecule has 0 saturated carbocycles. The molecule has 3 N–H and O–H groups in total. The lowest BCUT2D eigenvalue weighted by Gasteiger charge is -2.37. The van der Waals surface area contributed by atoms with Gasteiger partial charge >= 0.3 is 0 Å². The van der Waals surface area contributed by atoms with Gasteiger partial charge in [-0.3, -0.25) is 9.36 Å². The summed E-state index contributed by atoms with van der Waals surface area (Å²) in [5, 5.41) is 3.81. The van der Waals surface area contributed by atoms with Crippen LogP contribution in [0.5, 0.6) is 0 Å². The van der Waals surface area contributed by atoms with Crippen LogP contribution in [0.1, 0.15) is 17.3 Å². The van der Waals surface area contributed by atoms with Crippen LogP contribution in [0.3, 0.4) is 0 Å². The van der Waals surface area contributed by atoms with E-state index in [-0.39, 0.29) is 11.8 Å². The number of para-hydroxylation sites is 1. The highest BCUT2D eigenvalue weighted by Crippen LogP contribution is 2.27. The number of hydrogen-bond acceptors (Lipinski definition) is 6. The molecule has 2 aromatic carbocycles. The van der Waals surface area contributed by atoms with Crippen LogP contribution >= 0.6 is 0 Å². The Morgan fingerprint density at radius 1 is 1.11 bits per heavy atom. The molecule has 35 heavy (non-hydrogen) atoms. The Morgan fingerprint density at radius 3 is 2.63 bits per heavy atom. The first-order chi connectivity index (χ1) is 16.9. The van der Waals surface area contributed by atoms with Crippen molar-refractivity contribution >= 4 is 34.1 Å². The minimum absolute atomic E-state index is 0.0262. The van der Waals surface area contributed by atoms with Crippen molar-refractivity contribution in [3.63, 3.8) is 0 Å². The van der Waals surface area contributed by atoms with Crippen LogP contribution in [0.4, 0.5) is 21.7 Å². The second-order valence-electron chi connectivity index (χ2n) is 8.54. The molecule has 9 heteroatoms. The van der Waals surface area contributed by atoms with Gasteiger partial charge in [-0.1, -0.05) is 30.8 Å². The Labute approximate surface area is 202 Å². The fraction of sp³-hybridized carbons (Fsp3) is 0.192. The number of halogens is 1. The van der Waals surface area contributed by atoms with Crippen molar-refractivity contribution in [2.75, 3.05) is 36.4 Å². The van der Waals surface area contributed by atoms with E-state index in [2.05, 4.69) is 37.7 Å². The van der Waals surface area contributed by atoms with E-state index < -0.39 is 11.7 Å². The zero-order valence-corrected chi connectivity index (χ0v) is 19.4. The minimum atomic E-state index is -0.614. The molecule has 0 spiro atoms. The number of carbonyl (C=O) groups is 1. The number of nitrogens with two attached hydrogens (primary N) is 1. The molecule has 1 aliphatic heterocycles. The number of rotatable bonds is 6. The maximum absolute atomic E-state index is 14.8. The van der Waals surface area contributed by atoms with Crippen molar-refractivity contribution in [1.29, 1.82) is 0 Å². The van der Waals surface area contributed by atoms with Crippen LogP contribution in [-0.4, -0.2) is 51.5 Å². The molecule has 1 fully saturated rings. The first-order valence-corrected chi connectivity index (χ1v) is 11.4. The Hall–Kier alpha value is -4.40. The number of nitrogens with one attached hydrogen (secondary N) is 1. The van der Waals surface area contributed by atoms with Crippen LogP contribution in [0.2, 0.25) is 0 Å². The largest absolute Gasteiger partial charge is 0.372 e. The molecule has 3 heterocycles. The molecule has 5 rings (SSSR count). The predicted octanol–water partition coefficient (Wildman–Crippen LogP) is 4.06. The van der Waals surface area contributed by atoms with E-state index in [9.17, 15) is 9.18 Å². The van der Waals surface area contributed by atoms with Gasteiger partial charge in [0.25, 0.3) is 5.91 Å². The van der Waals surface area contributed by atoms with Crippen LogP contribution < -0.4 is 16.0 Å². The summed E-state index contributed by atoms with van der Waals surface area (Å²) >= 11 is 0. The van der Waals surface area contributed by atoms with Crippen LogP contribution in [0.15, 0.2) is 73.2 Å². The summed E-state index contributed by atoms with van der Waals surface area (Å²) in [7, 11) is 0. The fourth-order valence-electron chi connectivity index (χ4n) is 4.39. The molecule has 8 nitrogen and oxygen atoms in total. The summed E-state index contributed by atoms with van der Waals surface area (Å²) in [6.45, 7) is 9.71. The van der Waals surface area contributed by atoms with Gasteiger partial charge in [0.2, 0.25) is 5.95 Å². The predicted molar refractivity (Wildman–Crippen MR) is 136 cm³/mol. The topological polar surface area (TPSA) is 92.3 Å². The standard InChI is InChI=1S/C26H26FN7O/c1-17(2)32-10-12-33(13-11-32)19-7-5-6-18(14-19)30-26-29-15-22(27)25(31-26)34-16-21(24(28)35)20-8-3-4-9-23(20)34/h3-9,14-16H,1,10-13H2,2H3,(H2,28,35)(H,29,30,31). The van der Waals surface area contributed by atoms with Crippen LogP contribution in [0, 0.1) is 5.82 Å². The number of carbonyl (C=O) groups excluding carboxylic acids is 1. The van der Waals surface area contributed by atoms with Crippen molar-refractivity contribution < 1.29 is 9.18 Å². The maximum atomic E-state index is 14.8. The molecule has 1 amide bonds. The van der Waals surface area contributed by atoms with Crippen LogP contribution in [0.25, 0.3) is 16.7 Å². The highest BCUT2D eigenvalue weighted by Gasteiger charge is 2.19. The zero-order chi connectivity index (χ0) is 24.5. The van der Waals surface area contributed by atoms with Gasteiger partial charge in [-0.15, -0.1) is 0 Å². The molecule has 1 aliphatic rings. The number of hydrogen-bond donors (Lipinski definition) is 2. The lowest BCUT2D eigenvalue weighted by molar-refractivity contribution is 0.100. The van der Waals surface area contributed by atoms with E-state index in [4.69, 9.17) is 5.73 Å². The molecule has 1 saturated heterocycles. The number of fused-ring (bicyclic) bond motifs is 1. The van der Waals surface area contributed by atoms with Gasteiger partial charge in [-0.2, -0.15) is 4.98 Å². The fourth-order valence-corrected chi connectivity index (χ4v) is 4.39. The van der Waals surface area contributed by atoms with Gasteiger partial charge in [0.05, 0.1) is 17.3 Å². The number of amides is 1. The van der Waals surface area contributed by atoms with E-state index >= 15 is 0 Å². The lowest BCUT2D eigenvalue weighted by atomic mass is 10.2. The third-order valence-corrected chi connectivity index (χ3v) is 6.22. The summed E-state index contributed by atoms with van der Waals surface area (Å²) in [4.78, 5) is 25.1. The van der Waals surface area contributed by atoms with Crippen molar-refractivity contribution in [1.82, 2.24) is 19.4 Å².